The molecule has 0 spiro atoms. The Morgan fingerprint density at radius 2 is 1.52 bits per heavy atom. The molecule has 0 unspecified atom stereocenters. The summed E-state index contributed by atoms with van der Waals surface area (Å²) in [6.07, 6.45) is 1.27. The van der Waals surface area contributed by atoms with E-state index in [-0.39, 0.29) is 0 Å². The van der Waals surface area contributed by atoms with E-state index >= 15 is 0 Å². The lowest BCUT2D eigenvalue weighted by molar-refractivity contribution is -0.231. The van der Waals surface area contributed by atoms with Gasteiger partial charge in [0, 0.05) is 5.02 Å². The van der Waals surface area contributed by atoms with E-state index in [9.17, 15) is 20.4 Å². The molecule has 2 aliphatic rings. The molecule has 2 aromatic rings. The van der Waals surface area contributed by atoms with Gasteiger partial charge in [-0.2, -0.15) is 0 Å². The van der Waals surface area contributed by atoms with Crippen LogP contribution in [0, 0.1) is 0 Å². The summed E-state index contributed by atoms with van der Waals surface area (Å²) >= 11 is 6.45. The van der Waals surface area contributed by atoms with Crippen LogP contribution in [-0.4, -0.2) is 51.4 Å². The normalized spacial score (nSPS) is 29.8. The third-order valence-corrected chi connectivity index (χ3v) is 7.11. The average molecular weight is 447 g/mol. The van der Waals surface area contributed by atoms with Crippen LogP contribution < -0.4 is 0 Å². The molecule has 0 bridgehead atoms. The zero-order valence-electron chi connectivity index (χ0n) is 17.5. The van der Waals surface area contributed by atoms with Crippen molar-refractivity contribution in [2.75, 3.05) is 6.61 Å². The van der Waals surface area contributed by atoms with Gasteiger partial charge >= 0.3 is 0 Å². The number of ether oxygens (including phenoxy) is 1. The maximum Gasteiger partial charge on any atom is 0.113 e. The highest BCUT2D eigenvalue weighted by Gasteiger charge is 2.44. The smallest absolute Gasteiger partial charge is 0.113 e. The minimum Gasteiger partial charge on any atom is -0.394 e. The Balaban J connectivity index is 1.51. The Morgan fingerprint density at radius 3 is 2.19 bits per heavy atom. The standard InChI is InChI=1S/C25H31ClO5/c26-20-11-10-18(25-24(30)23(29)22(28)21(14-27)31-25)13-19(20)12-15-6-8-17(9-7-15)16-4-2-1-3-5-16/h6-11,13,16,21-25,27-30H,1-5,12,14H2/t21-,22-,23+,24-,25+/m1/s1. The molecular formula is C25H31ClO5. The lowest BCUT2D eigenvalue weighted by atomic mass is 9.84. The van der Waals surface area contributed by atoms with Gasteiger partial charge in [-0.3, -0.25) is 0 Å². The molecule has 4 rings (SSSR count). The van der Waals surface area contributed by atoms with Gasteiger partial charge in [-0.05, 0) is 53.5 Å². The lowest BCUT2D eigenvalue weighted by Crippen LogP contribution is -2.55. The molecule has 0 amide bonds. The molecule has 4 N–H and O–H groups in total. The van der Waals surface area contributed by atoms with Crippen LogP contribution in [0.25, 0.3) is 0 Å². The predicted molar refractivity (Wildman–Crippen MR) is 119 cm³/mol. The highest BCUT2D eigenvalue weighted by atomic mass is 35.5. The van der Waals surface area contributed by atoms with Crippen LogP contribution in [0.15, 0.2) is 42.5 Å². The molecule has 1 heterocycles. The van der Waals surface area contributed by atoms with E-state index in [1.165, 1.54) is 37.7 Å². The van der Waals surface area contributed by atoms with Gasteiger partial charge < -0.3 is 25.2 Å². The van der Waals surface area contributed by atoms with Gasteiger partial charge in [-0.25, -0.2) is 0 Å². The SMILES string of the molecule is OC[C@H]1O[C@@H](c2ccc(Cl)c(Cc3ccc(C4CCCCC4)cc3)c2)[C@H](O)[C@@H](O)[C@@H]1O. The minimum absolute atomic E-state index is 0.449. The van der Waals surface area contributed by atoms with E-state index in [1.54, 1.807) is 12.1 Å². The molecule has 5 atom stereocenters. The monoisotopic (exact) mass is 446 g/mol. The molecule has 1 saturated heterocycles. The summed E-state index contributed by atoms with van der Waals surface area (Å²) in [5.74, 6) is 0.668. The average Bonchev–Trinajstić information content (AvgIpc) is 2.80. The third-order valence-electron chi connectivity index (χ3n) is 6.74. The molecule has 2 aromatic carbocycles. The molecule has 31 heavy (non-hydrogen) atoms. The second-order valence-electron chi connectivity index (χ2n) is 8.85. The van der Waals surface area contributed by atoms with Crippen LogP contribution in [0.5, 0.6) is 0 Å². The lowest BCUT2D eigenvalue weighted by Gasteiger charge is -2.40. The Kier molecular flexibility index (Phi) is 7.32. The zero-order chi connectivity index (χ0) is 22.0. The Hall–Kier alpha value is -1.47. The molecule has 0 radical (unpaired) electrons. The van der Waals surface area contributed by atoms with Crippen molar-refractivity contribution in [1.82, 2.24) is 0 Å². The largest absolute Gasteiger partial charge is 0.394 e. The summed E-state index contributed by atoms with van der Waals surface area (Å²) in [4.78, 5) is 0. The highest BCUT2D eigenvalue weighted by molar-refractivity contribution is 6.31. The maximum absolute atomic E-state index is 10.4. The van der Waals surface area contributed by atoms with Crippen LogP contribution in [0.4, 0.5) is 0 Å². The van der Waals surface area contributed by atoms with Crippen molar-refractivity contribution in [3.63, 3.8) is 0 Å². The van der Waals surface area contributed by atoms with E-state index in [0.717, 1.165) is 11.1 Å². The third kappa shape index (κ3) is 4.98. The van der Waals surface area contributed by atoms with Crippen molar-refractivity contribution >= 4 is 11.6 Å². The predicted octanol–water partition coefficient (Wildman–Crippen LogP) is 3.49. The van der Waals surface area contributed by atoms with E-state index < -0.39 is 37.1 Å². The van der Waals surface area contributed by atoms with Crippen molar-refractivity contribution < 1.29 is 25.2 Å². The van der Waals surface area contributed by atoms with Crippen LogP contribution in [0.3, 0.4) is 0 Å². The van der Waals surface area contributed by atoms with Gasteiger partial charge in [0.1, 0.15) is 30.5 Å². The maximum atomic E-state index is 10.4. The van der Waals surface area contributed by atoms with Crippen molar-refractivity contribution in [2.24, 2.45) is 0 Å². The second kappa shape index (κ2) is 9.99. The Morgan fingerprint density at radius 1 is 0.839 bits per heavy atom. The molecule has 5 nitrogen and oxygen atoms in total. The number of halogens is 1. The first-order valence-corrected chi connectivity index (χ1v) is 11.5. The van der Waals surface area contributed by atoms with Crippen molar-refractivity contribution in [2.45, 2.75) is 75.0 Å². The van der Waals surface area contributed by atoms with Crippen molar-refractivity contribution in [3.8, 4) is 0 Å². The number of hydrogen-bond donors (Lipinski definition) is 4. The molecule has 1 aliphatic heterocycles. The van der Waals surface area contributed by atoms with E-state index in [1.807, 2.05) is 6.07 Å². The van der Waals surface area contributed by atoms with E-state index in [0.29, 0.717) is 22.9 Å². The highest BCUT2D eigenvalue weighted by Crippen LogP contribution is 2.35. The summed E-state index contributed by atoms with van der Waals surface area (Å²) < 4.78 is 5.69. The summed E-state index contributed by atoms with van der Waals surface area (Å²) in [6.45, 7) is -0.449. The molecule has 2 fully saturated rings. The van der Waals surface area contributed by atoms with Crippen LogP contribution >= 0.6 is 11.6 Å². The molecular weight excluding hydrogens is 416 g/mol. The van der Waals surface area contributed by atoms with E-state index in [2.05, 4.69) is 24.3 Å². The fraction of sp³-hybridized carbons (Fsp3) is 0.520. The van der Waals surface area contributed by atoms with Crippen LogP contribution in [0.1, 0.15) is 66.4 Å². The first-order chi connectivity index (χ1) is 15.0. The summed E-state index contributed by atoms with van der Waals surface area (Å²) in [5.41, 5.74) is 4.09. The Labute approximate surface area is 188 Å². The van der Waals surface area contributed by atoms with Gasteiger partial charge in [-0.1, -0.05) is 67.3 Å². The molecule has 6 heteroatoms. The molecule has 0 aromatic heterocycles. The van der Waals surface area contributed by atoms with Gasteiger partial charge in [0.25, 0.3) is 0 Å². The number of benzene rings is 2. The molecule has 168 valence electrons. The van der Waals surface area contributed by atoms with Crippen molar-refractivity contribution in [3.05, 3.63) is 69.7 Å². The summed E-state index contributed by atoms with van der Waals surface area (Å²) in [6, 6.07) is 14.1. The quantitative estimate of drug-likeness (QED) is 0.564. The molecule has 1 saturated carbocycles. The number of rotatable bonds is 5. The van der Waals surface area contributed by atoms with Crippen molar-refractivity contribution in [1.29, 1.82) is 0 Å². The van der Waals surface area contributed by atoms with Crippen LogP contribution in [0.2, 0.25) is 5.02 Å². The zero-order valence-corrected chi connectivity index (χ0v) is 18.3. The van der Waals surface area contributed by atoms with E-state index in [4.69, 9.17) is 16.3 Å². The van der Waals surface area contributed by atoms with Gasteiger partial charge in [0.2, 0.25) is 0 Å². The fourth-order valence-electron chi connectivity index (χ4n) is 4.85. The first kappa shape index (κ1) is 22.7. The second-order valence-corrected chi connectivity index (χ2v) is 9.26. The van der Waals surface area contributed by atoms with Crippen LogP contribution in [-0.2, 0) is 11.2 Å². The minimum atomic E-state index is -1.40. The summed E-state index contributed by atoms with van der Waals surface area (Å²) in [7, 11) is 0. The number of aliphatic hydroxyl groups excluding tert-OH is 4. The Bertz CT molecular complexity index is 863. The number of hydrogen-bond acceptors (Lipinski definition) is 5. The molecule has 1 aliphatic carbocycles. The topological polar surface area (TPSA) is 90.2 Å². The number of aliphatic hydroxyl groups is 4. The van der Waals surface area contributed by atoms with Gasteiger partial charge in [-0.15, -0.1) is 0 Å². The van der Waals surface area contributed by atoms with Gasteiger partial charge in [0.15, 0.2) is 0 Å². The van der Waals surface area contributed by atoms with Gasteiger partial charge in [0.05, 0.1) is 6.61 Å². The first-order valence-electron chi connectivity index (χ1n) is 11.2. The fourth-order valence-corrected chi connectivity index (χ4v) is 5.03. The summed E-state index contributed by atoms with van der Waals surface area (Å²) in [5, 5.41) is 40.6.